The van der Waals surface area contributed by atoms with Crippen molar-refractivity contribution in [2.45, 2.75) is 12.1 Å². The summed E-state index contributed by atoms with van der Waals surface area (Å²) in [5, 5.41) is 2.78. The number of carbonyl (C=O) groups excluding carboxylic acids is 1. The van der Waals surface area contributed by atoms with Crippen molar-refractivity contribution in [1.82, 2.24) is 5.32 Å². The summed E-state index contributed by atoms with van der Waals surface area (Å²) >= 11 is 0. The highest BCUT2D eigenvalue weighted by Crippen LogP contribution is 2.24. The summed E-state index contributed by atoms with van der Waals surface area (Å²) in [4.78, 5) is 11.5. The quantitative estimate of drug-likeness (QED) is 0.822. The minimum absolute atomic E-state index is 0.0609. The van der Waals surface area contributed by atoms with E-state index in [2.05, 4.69) is 10.1 Å². The van der Waals surface area contributed by atoms with Crippen LogP contribution in [0.5, 0.6) is 0 Å². The summed E-state index contributed by atoms with van der Waals surface area (Å²) < 4.78 is 43.6. The van der Waals surface area contributed by atoms with Gasteiger partial charge in [-0.05, 0) is 12.1 Å². The van der Waals surface area contributed by atoms with Crippen molar-refractivity contribution in [2.75, 3.05) is 18.6 Å². The van der Waals surface area contributed by atoms with Crippen LogP contribution in [-0.4, -0.2) is 34.8 Å². The molecule has 0 amide bonds. The molecule has 2 rings (SSSR count). The summed E-state index contributed by atoms with van der Waals surface area (Å²) in [7, 11) is -0.128. The van der Waals surface area contributed by atoms with Crippen LogP contribution in [0.3, 0.4) is 0 Å². The highest BCUT2D eigenvalue weighted by atomic mass is 32.2. The van der Waals surface area contributed by atoms with Gasteiger partial charge in [-0.25, -0.2) is 8.78 Å². The fourth-order valence-corrected chi connectivity index (χ4v) is 3.44. The van der Waals surface area contributed by atoms with Crippen molar-refractivity contribution in [1.29, 1.82) is 0 Å². The molecule has 3 atom stereocenters. The Labute approximate surface area is 111 Å². The number of methoxy groups -OCH3 is 1. The van der Waals surface area contributed by atoms with E-state index in [1.54, 1.807) is 0 Å². The molecule has 0 aromatic heterocycles. The smallest absolute Gasteiger partial charge is 0.323 e. The Balaban J connectivity index is 2.29. The Hall–Kier alpha value is -1.34. The van der Waals surface area contributed by atoms with Gasteiger partial charge in [0, 0.05) is 27.9 Å². The van der Waals surface area contributed by atoms with Gasteiger partial charge in [0.25, 0.3) is 0 Å². The van der Waals surface area contributed by atoms with Crippen LogP contribution in [0.4, 0.5) is 8.78 Å². The van der Waals surface area contributed by atoms with Crippen molar-refractivity contribution >= 4 is 16.8 Å². The lowest BCUT2D eigenvalue weighted by atomic mass is 10.1. The molecule has 1 saturated heterocycles. The molecule has 1 heterocycles. The molecule has 104 valence electrons. The van der Waals surface area contributed by atoms with Crippen molar-refractivity contribution in [2.24, 2.45) is 0 Å². The number of halogens is 2. The molecule has 0 bridgehead atoms. The molecule has 7 heteroatoms. The maximum Gasteiger partial charge on any atom is 0.323 e. The van der Waals surface area contributed by atoms with Crippen molar-refractivity contribution in [3.05, 3.63) is 35.4 Å². The van der Waals surface area contributed by atoms with Crippen molar-refractivity contribution in [3.63, 3.8) is 0 Å². The van der Waals surface area contributed by atoms with Crippen molar-refractivity contribution in [3.8, 4) is 0 Å². The molecular weight excluding hydrogens is 276 g/mol. The number of hydrogen-bond donors (Lipinski definition) is 1. The van der Waals surface area contributed by atoms with Gasteiger partial charge in [-0.3, -0.25) is 14.3 Å². The summed E-state index contributed by atoms with van der Waals surface area (Å²) in [6.07, 6.45) is 0. The molecule has 3 unspecified atom stereocenters. The van der Waals surface area contributed by atoms with Crippen LogP contribution in [0.2, 0.25) is 0 Å². The fraction of sp³-hybridized carbons (Fsp3) is 0.417. The summed E-state index contributed by atoms with van der Waals surface area (Å²) in [5.41, 5.74) is -0.190. The molecule has 1 aromatic rings. The van der Waals surface area contributed by atoms with E-state index in [0.29, 0.717) is 0 Å². The van der Waals surface area contributed by atoms with Gasteiger partial charge >= 0.3 is 5.97 Å². The van der Waals surface area contributed by atoms with E-state index >= 15 is 0 Å². The van der Waals surface area contributed by atoms with E-state index in [1.165, 1.54) is 13.2 Å². The van der Waals surface area contributed by atoms with Gasteiger partial charge in [-0.1, -0.05) is 6.07 Å². The predicted molar refractivity (Wildman–Crippen MR) is 65.9 cm³/mol. The zero-order valence-electron chi connectivity index (χ0n) is 10.2. The third-order valence-corrected chi connectivity index (χ3v) is 4.35. The van der Waals surface area contributed by atoms with Crippen molar-refractivity contribution < 1.29 is 22.5 Å². The first-order valence-corrected chi connectivity index (χ1v) is 7.14. The van der Waals surface area contributed by atoms with Crippen LogP contribution < -0.4 is 5.32 Å². The number of carbonyl (C=O) groups is 1. The summed E-state index contributed by atoms with van der Waals surface area (Å²) in [6.45, 7) is 0. The number of rotatable bonds is 2. The Morgan fingerprint density at radius 2 is 2.00 bits per heavy atom. The first-order chi connectivity index (χ1) is 9.02. The zero-order valence-corrected chi connectivity index (χ0v) is 11.0. The molecule has 1 aliphatic heterocycles. The minimum Gasteiger partial charge on any atom is -0.468 e. The molecule has 0 aliphatic carbocycles. The Morgan fingerprint density at radius 1 is 1.37 bits per heavy atom. The highest BCUT2D eigenvalue weighted by molar-refractivity contribution is 7.85. The second-order valence-electron chi connectivity index (χ2n) is 4.20. The first kappa shape index (κ1) is 14.1. The Kier molecular flexibility index (Phi) is 4.26. The molecule has 0 radical (unpaired) electrons. The number of ether oxygens (including phenoxy) is 1. The maximum atomic E-state index is 13.7. The van der Waals surface area contributed by atoms with E-state index in [4.69, 9.17) is 0 Å². The SMILES string of the molecule is COC(=O)C1CS(=O)CC(c2c(F)cccc2F)N1. The molecule has 1 N–H and O–H groups in total. The molecule has 4 nitrogen and oxygen atoms in total. The topological polar surface area (TPSA) is 55.4 Å². The van der Waals surface area contributed by atoms with E-state index in [-0.39, 0.29) is 17.1 Å². The summed E-state index contributed by atoms with van der Waals surface area (Å²) in [6, 6.07) is 1.89. The average molecular weight is 289 g/mol. The van der Waals surface area contributed by atoms with E-state index in [9.17, 15) is 17.8 Å². The predicted octanol–water partition coefficient (Wildman–Crippen LogP) is 0.899. The second kappa shape index (κ2) is 5.75. The van der Waals surface area contributed by atoms with E-state index in [0.717, 1.165) is 12.1 Å². The van der Waals surface area contributed by atoms with Gasteiger partial charge < -0.3 is 4.74 Å². The number of hydrogen-bond acceptors (Lipinski definition) is 4. The van der Waals surface area contributed by atoms with Gasteiger partial charge in [0.1, 0.15) is 17.7 Å². The van der Waals surface area contributed by atoms with Crippen LogP contribution in [-0.2, 0) is 20.3 Å². The molecule has 0 spiro atoms. The third-order valence-electron chi connectivity index (χ3n) is 2.94. The highest BCUT2D eigenvalue weighted by Gasteiger charge is 2.34. The minimum atomic E-state index is -1.34. The van der Waals surface area contributed by atoms with E-state index in [1.807, 2.05) is 0 Å². The zero-order chi connectivity index (χ0) is 14.0. The van der Waals surface area contributed by atoms with Crippen LogP contribution in [0, 0.1) is 11.6 Å². The monoisotopic (exact) mass is 289 g/mol. The van der Waals surface area contributed by atoms with E-state index < -0.39 is 40.5 Å². The Bertz CT molecular complexity index is 503. The molecule has 0 saturated carbocycles. The lowest BCUT2D eigenvalue weighted by Crippen LogP contribution is -2.50. The first-order valence-electron chi connectivity index (χ1n) is 5.65. The third kappa shape index (κ3) is 2.98. The van der Waals surface area contributed by atoms with Gasteiger partial charge in [0.15, 0.2) is 0 Å². The van der Waals surface area contributed by atoms with Gasteiger partial charge in [-0.2, -0.15) is 0 Å². The van der Waals surface area contributed by atoms with Gasteiger partial charge in [0.2, 0.25) is 0 Å². The lowest BCUT2D eigenvalue weighted by molar-refractivity contribution is -0.142. The van der Waals surface area contributed by atoms with Crippen LogP contribution in [0.25, 0.3) is 0 Å². The lowest BCUT2D eigenvalue weighted by Gasteiger charge is -2.29. The molecular formula is C12H13F2NO3S. The number of esters is 1. The number of nitrogens with one attached hydrogen (secondary N) is 1. The second-order valence-corrected chi connectivity index (χ2v) is 5.75. The van der Waals surface area contributed by atoms with Crippen LogP contribution in [0.15, 0.2) is 18.2 Å². The molecule has 1 aromatic carbocycles. The number of benzene rings is 1. The largest absolute Gasteiger partial charge is 0.468 e. The standard InChI is InChI=1S/C12H13F2NO3S/c1-18-12(16)10-6-19(17)5-9(15-10)11-7(13)3-2-4-8(11)14/h2-4,9-10,15H,5-6H2,1H3. The maximum absolute atomic E-state index is 13.7. The molecule has 1 aliphatic rings. The van der Waals surface area contributed by atoms with Gasteiger partial charge in [0.05, 0.1) is 13.2 Å². The summed E-state index contributed by atoms with van der Waals surface area (Å²) in [5.74, 6) is -1.89. The van der Waals surface area contributed by atoms with Crippen LogP contribution in [0.1, 0.15) is 11.6 Å². The normalized spacial score (nSPS) is 27.0. The molecule has 1 fully saturated rings. The van der Waals surface area contributed by atoms with Crippen LogP contribution >= 0.6 is 0 Å². The fourth-order valence-electron chi connectivity index (χ4n) is 2.07. The molecule has 19 heavy (non-hydrogen) atoms. The van der Waals surface area contributed by atoms with Gasteiger partial charge in [-0.15, -0.1) is 0 Å². The average Bonchev–Trinajstić information content (AvgIpc) is 2.37. The Morgan fingerprint density at radius 3 is 2.58 bits per heavy atom.